The topological polar surface area (TPSA) is 30.5 Å². The highest BCUT2D eigenvalue weighted by molar-refractivity contribution is 5.34. The molecule has 0 aliphatic carbocycles. The van der Waals surface area contributed by atoms with E-state index >= 15 is 0 Å². The maximum absolute atomic E-state index is 6.19. The molecule has 2 saturated heterocycles. The van der Waals surface area contributed by atoms with E-state index in [2.05, 4.69) is 29.6 Å². The molecule has 3 rings (SSSR count). The molecule has 1 atom stereocenters. The van der Waals surface area contributed by atoms with Gasteiger partial charge in [-0.2, -0.15) is 0 Å². The Morgan fingerprint density at radius 2 is 2.00 bits per heavy atom. The molecule has 0 amide bonds. The summed E-state index contributed by atoms with van der Waals surface area (Å²) in [5, 5.41) is 3.43. The fraction of sp³-hybridized carbons (Fsp3) is 0.647. The Morgan fingerprint density at radius 1 is 1.15 bits per heavy atom. The zero-order valence-corrected chi connectivity index (χ0v) is 12.1. The molecular weight excluding hydrogens is 250 g/mol. The Bertz CT molecular complexity index is 370. The SMILES string of the molecule is c1ccc(OC2CCCOC2)c(CC2CCNCC2)c1. The van der Waals surface area contributed by atoms with Gasteiger partial charge in [0, 0.05) is 6.61 Å². The van der Waals surface area contributed by atoms with Gasteiger partial charge in [0.15, 0.2) is 0 Å². The van der Waals surface area contributed by atoms with Crippen LogP contribution in [0.3, 0.4) is 0 Å². The van der Waals surface area contributed by atoms with E-state index in [4.69, 9.17) is 9.47 Å². The summed E-state index contributed by atoms with van der Waals surface area (Å²) in [4.78, 5) is 0. The van der Waals surface area contributed by atoms with Crippen LogP contribution in [0, 0.1) is 5.92 Å². The van der Waals surface area contributed by atoms with Gasteiger partial charge in [0.25, 0.3) is 0 Å². The minimum atomic E-state index is 0.234. The zero-order valence-electron chi connectivity index (χ0n) is 12.1. The quantitative estimate of drug-likeness (QED) is 0.916. The lowest BCUT2D eigenvalue weighted by atomic mass is 9.90. The van der Waals surface area contributed by atoms with Crippen molar-refractivity contribution in [3.05, 3.63) is 29.8 Å². The predicted molar refractivity (Wildman–Crippen MR) is 80.2 cm³/mol. The van der Waals surface area contributed by atoms with Crippen molar-refractivity contribution in [1.29, 1.82) is 0 Å². The van der Waals surface area contributed by atoms with Crippen molar-refractivity contribution in [2.24, 2.45) is 5.92 Å². The van der Waals surface area contributed by atoms with Crippen molar-refractivity contribution < 1.29 is 9.47 Å². The number of para-hydroxylation sites is 1. The molecule has 3 heteroatoms. The Balaban J connectivity index is 1.63. The highest BCUT2D eigenvalue weighted by Crippen LogP contribution is 2.27. The third-order valence-electron chi connectivity index (χ3n) is 4.35. The van der Waals surface area contributed by atoms with Crippen molar-refractivity contribution in [2.75, 3.05) is 26.3 Å². The third-order valence-corrected chi connectivity index (χ3v) is 4.35. The van der Waals surface area contributed by atoms with E-state index in [1.807, 2.05) is 0 Å². The van der Waals surface area contributed by atoms with Gasteiger partial charge in [-0.3, -0.25) is 0 Å². The van der Waals surface area contributed by atoms with Crippen LogP contribution in [0.5, 0.6) is 5.75 Å². The molecule has 0 spiro atoms. The van der Waals surface area contributed by atoms with Crippen molar-refractivity contribution in [1.82, 2.24) is 5.32 Å². The van der Waals surface area contributed by atoms with Gasteiger partial charge in [-0.15, -0.1) is 0 Å². The second kappa shape index (κ2) is 7.09. The van der Waals surface area contributed by atoms with Crippen LogP contribution in [0.15, 0.2) is 24.3 Å². The first-order valence-electron chi connectivity index (χ1n) is 7.95. The minimum absolute atomic E-state index is 0.234. The molecule has 0 saturated carbocycles. The summed E-state index contributed by atoms with van der Waals surface area (Å²) in [7, 11) is 0. The highest BCUT2D eigenvalue weighted by Gasteiger charge is 2.19. The zero-order chi connectivity index (χ0) is 13.6. The lowest BCUT2D eigenvalue weighted by molar-refractivity contribution is 0.00695. The third kappa shape index (κ3) is 3.74. The smallest absolute Gasteiger partial charge is 0.123 e. The monoisotopic (exact) mass is 275 g/mol. The molecule has 1 unspecified atom stereocenters. The second-order valence-electron chi connectivity index (χ2n) is 5.96. The Morgan fingerprint density at radius 3 is 2.80 bits per heavy atom. The molecule has 0 radical (unpaired) electrons. The minimum Gasteiger partial charge on any atom is -0.488 e. The van der Waals surface area contributed by atoms with Crippen LogP contribution in [-0.2, 0) is 11.2 Å². The molecule has 2 aliphatic heterocycles. The van der Waals surface area contributed by atoms with E-state index in [9.17, 15) is 0 Å². The first kappa shape index (κ1) is 13.9. The number of piperidine rings is 1. The summed E-state index contributed by atoms with van der Waals surface area (Å²) in [5.41, 5.74) is 1.37. The first-order valence-corrected chi connectivity index (χ1v) is 7.95. The van der Waals surface area contributed by atoms with Crippen LogP contribution < -0.4 is 10.1 Å². The largest absolute Gasteiger partial charge is 0.488 e. The van der Waals surface area contributed by atoms with Gasteiger partial charge in [0.05, 0.1) is 6.61 Å². The predicted octanol–water partition coefficient (Wildman–Crippen LogP) is 2.79. The summed E-state index contributed by atoms with van der Waals surface area (Å²) >= 11 is 0. The normalized spacial score (nSPS) is 24.5. The van der Waals surface area contributed by atoms with Gasteiger partial charge >= 0.3 is 0 Å². The van der Waals surface area contributed by atoms with Gasteiger partial charge < -0.3 is 14.8 Å². The van der Waals surface area contributed by atoms with Gasteiger partial charge in [-0.25, -0.2) is 0 Å². The van der Waals surface area contributed by atoms with E-state index in [0.29, 0.717) is 0 Å². The van der Waals surface area contributed by atoms with E-state index < -0.39 is 0 Å². The van der Waals surface area contributed by atoms with Gasteiger partial charge in [0.1, 0.15) is 11.9 Å². The molecule has 2 fully saturated rings. The number of hydrogen-bond acceptors (Lipinski definition) is 3. The molecule has 20 heavy (non-hydrogen) atoms. The fourth-order valence-electron chi connectivity index (χ4n) is 3.17. The van der Waals surface area contributed by atoms with Crippen LogP contribution in [0.25, 0.3) is 0 Å². The first-order chi connectivity index (χ1) is 9.92. The molecule has 110 valence electrons. The molecule has 0 aromatic heterocycles. The number of nitrogens with one attached hydrogen (secondary N) is 1. The molecule has 1 aromatic carbocycles. The average molecular weight is 275 g/mol. The lowest BCUT2D eigenvalue weighted by Crippen LogP contribution is -2.30. The van der Waals surface area contributed by atoms with Crippen LogP contribution in [0.1, 0.15) is 31.2 Å². The second-order valence-corrected chi connectivity index (χ2v) is 5.96. The average Bonchev–Trinajstić information content (AvgIpc) is 2.51. The molecule has 1 aromatic rings. The standard InChI is InChI=1S/C17H25NO2/c1-2-6-17(20-16-5-3-11-19-13-16)15(4-1)12-14-7-9-18-10-8-14/h1-2,4,6,14,16,18H,3,5,7-13H2. The summed E-state index contributed by atoms with van der Waals surface area (Å²) < 4.78 is 11.7. The van der Waals surface area contributed by atoms with Gasteiger partial charge in [-0.05, 0) is 62.7 Å². The maximum atomic E-state index is 6.19. The molecule has 1 N–H and O–H groups in total. The summed E-state index contributed by atoms with van der Waals surface area (Å²) in [6.45, 7) is 3.94. The summed E-state index contributed by atoms with van der Waals surface area (Å²) in [6.07, 6.45) is 6.16. The molecule has 0 bridgehead atoms. The van der Waals surface area contributed by atoms with E-state index in [1.54, 1.807) is 0 Å². The van der Waals surface area contributed by atoms with Crippen molar-refractivity contribution >= 4 is 0 Å². The van der Waals surface area contributed by atoms with Crippen molar-refractivity contribution in [3.63, 3.8) is 0 Å². The summed E-state index contributed by atoms with van der Waals surface area (Å²) in [5.74, 6) is 1.87. The van der Waals surface area contributed by atoms with E-state index in [1.165, 1.54) is 18.4 Å². The van der Waals surface area contributed by atoms with Gasteiger partial charge in [0.2, 0.25) is 0 Å². The van der Waals surface area contributed by atoms with Crippen LogP contribution in [-0.4, -0.2) is 32.4 Å². The summed E-state index contributed by atoms with van der Waals surface area (Å²) in [6, 6.07) is 8.54. The Labute approximate surface area is 121 Å². The Hall–Kier alpha value is -1.06. The molecule has 3 nitrogen and oxygen atoms in total. The van der Waals surface area contributed by atoms with Crippen LogP contribution in [0.2, 0.25) is 0 Å². The van der Waals surface area contributed by atoms with Crippen molar-refractivity contribution in [2.45, 2.75) is 38.2 Å². The number of benzene rings is 1. The lowest BCUT2D eigenvalue weighted by Gasteiger charge is -2.26. The van der Waals surface area contributed by atoms with E-state index in [-0.39, 0.29) is 6.10 Å². The maximum Gasteiger partial charge on any atom is 0.123 e. The number of ether oxygens (including phenoxy) is 2. The molecular formula is C17H25NO2. The van der Waals surface area contributed by atoms with Crippen LogP contribution >= 0.6 is 0 Å². The fourth-order valence-corrected chi connectivity index (χ4v) is 3.17. The highest BCUT2D eigenvalue weighted by atomic mass is 16.5. The van der Waals surface area contributed by atoms with Crippen molar-refractivity contribution in [3.8, 4) is 5.75 Å². The molecule has 2 heterocycles. The van der Waals surface area contributed by atoms with Gasteiger partial charge in [-0.1, -0.05) is 18.2 Å². The number of hydrogen-bond donors (Lipinski definition) is 1. The van der Waals surface area contributed by atoms with E-state index in [0.717, 1.165) is 57.2 Å². The molecule has 2 aliphatic rings. The van der Waals surface area contributed by atoms with Crippen LogP contribution in [0.4, 0.5) is 0 Å². The number of rotatable bonds is 4. The Kier molecular flexibility index (Phi) is 4.93.